The predicted molar refractivity (Wildman–Crippen MR) is 80.6 cm³/mol. The van der Waals surface area contributed by atoms with Crippen LogP contribution in [-0.2, 0) is 23.8 Å². The highest BCUT2D eigenvalue weighted by Crippen LogP contribution is 2.14. The fraction of sp³-hybridized carbons (Fsp3) is 0.533. The summed E-state index contributed by atoms with van der Waals surface area (Å²) < 4.78 is 15.0. The number of nitrogens with two attached hydrogens (primary N) is 1. The number of hydrogen-bond acceptors (Lipinski definition) is 8. The summed E-state index contributed by atoms with van der Waals surface area (Å²) in [6, 6.07) is 1.72. The number of nitriles is 1. The monoisotopic (exact) mass is 323 g/mol. The molecule has 0 aromatic carbocycles. The van der Waals surface area contributed by atoms with Gasteiger partial charge in [-0.1, -0.05) is 0 Å². The maximum Gasteiger partial charge on any atom is 0.348 e. The van der Waals surface area contributed by atoms with E-state index in [-0.39, 0.29) is 30.2 Å². The van der Waals surface area contributed by atoms with E-state index in [9.17, 15) is 9.59 Å². The van der Waals surface area contributed by atoms with Crippen molar-refractivity contribution in [2.45, 2.75) is 13.8 Å². The Morgan fingerprint density at radius 3 is 2.30 bits per heavy atom. The third-order valence-electron chi connectivity index (χ3n) is 3.03. The molecule has 0 amide bonds. The molecule has 0 spiro atoms. The lowest BCUT2D eigenvalue weighted by Crippen LogP contribution is -2.39. The Morgan fingerprint density at radius 1 is 1.22 bits per heavy atom. The molecule has 1 fully saturated rings. The predicted octanol–water partition coefficient (Wildman–Crippen LogP) is 0.0651. The van der Waals surface area contributed by atoms with Crippen LogP contribution in [0.5, 0.6) is 0 Å². The minimum Gasteiger partial charge on any atom is -0.462 e. The first-order valence-corrected chi connectivity index (χ1v) is 7.33. The van der Waals surface area contributed by atoms with Crippen LogP contribution in [0.1, 0.15) is 13.8 Å². The molecule has 0 saturated carbocycles. The molecule has 0 radical (unpaired) electrons. The summed E-state index contributed by atoms with van der Waals surface area (Å²) in [7, 11) is 0. The Hall–Kier alpha value is -2.53. The van der Waals surface area contributed by atoms with Crippen LogP contribution in [0.15, 0.2) is 23.0 Å². The Bertz CT molecular complexity index is 542. The third kappa shape index (κ3) is 5.30. The van der Waals surface area contributed by atoms with Crippen LogP contribution in [-0.4, -0.2) is 56.4 Å². The summed E-state index contributed by atoms with van der Waals surface area (Å²) in [6.45, 7) is 5.50. The zero-order chi connectivity index (χ0) is 17.2. The molecule has 8 nitrogen and oxygen atoms in total. The fourth-order valence-corrected chi connectivity index (χ4v) is 1.91. The number of esters is 2. The van der Waals surface area contributed by atoms with E-state index < -0.39 is 11.9 Å². The first kappa shape index (κ1) is 18.5. The smallest absolute Gasteiger partial charge is 0.348 e. The molecule has 8 heteroatoms. The highest BCUT2D eigenvalue weighted by atomic mass is 16.5. The first-order chi connectivity index (χ1) is 11.0. The van der Waals surface area contributed by atoms with Crippen molar-refractivity contribution in [2.24, 2.45) is 5.73 Å². The van der Waals surface area contributed by atoms with Gasteiger partial charge in [-0.05, 0) is 19.9 Å². The second-order valence-electron chi connectivity index (χ2n) is 4.51. The summed E-state index contributed by atoms with van der Waals surface area (Å²) in [4.78, 5) is 25.6. The minimum atomic E-state index is -0.813. The molecule has 1 saturated heterocycles. The summed E-state index contributed by atoms with van der Waals surface area (Å²) in [6.07, 6.45) is 1.11. The third-order valence-corrected chi connectivity index (χ3v) is 3.03. The fourth-order valence-electron chi connectivity index (χ4n) is 1.91. The number of morpholine rings is 1. The van der Waals surface area contributed by atoms with Crippen LogP contribution in [0.4, 0.5) is 0 Å². The van der Waals surface area contributed by atoms with Crippen molar-refractivity contribution in [1.82, 2.24) is 4.90 Å². The summed E-state index contributed by atoms with van der Waals surface area (Å²) in [5, 5.41) is 9.11. The van der Waals surface area contributed by atoms with Gasteiger partial charge in [-0.2, -0.15) is 5.26 Å². The average molecular weight is 323 g/mol. The van der Waals surface area contributed by atoms with Crippen molar-refractivity contribution in [3.05, 3.63) is 23.0 Å². The van der Waals surface area contributed by atoms with E-state index in [1.807, 2.05) is 0 Å². The molecule has 0 aromatic heterocycles. The molecule has 0 bridgehead atoms. The summed E-state index contributed by atoms with van der Waals surface area (Å²) in [5.74, 6) is -1.37. The van der Waals surface area contributed by atoms with Gasteiger partial charge in [0.25, 0.3) is 0 Å². The number of carbonyl (C=O) groups is 2. The van der Waals surface area contributed by atoms with E-state index in [0.29, 0.717) is 26.3 Å². The van der Waals surface area contributed by atoms with Gasteiger partial charge in [0.1, 0.15) is 23.0 Å². The minimum absolute atomic E-state index is 0.0432. The standard InChI is InChI=1S/C15H21N3O5/c1-3-22-14(19)11(10-16)9-12(15(20)23-4-2)13(17)18-5-7-21-8-6-18/h9H,3-8,17H2,1-2H3/b11-9+,13-12-. The number of nitrogens with zero attached hydrogens (tertiary/aromatic N) is 2. The Morgan fingerprint density at radius 2 is 1.78 bits per heavy atom. The van der Waals surface area contributed by atoms with Gasteiger partial charge in [0.05, 0.1) is 26.4 Å². The SMILES string of the molecule is CCOC(=O)C(/C=C(\C#N)C(=O)OCC)=C(/N)N1CCOCC1. The molecule has 0 atom stereocenters. The largest absolute Gasteiger partial charge is 0.462 e. The number of carbonyl (C=O) groups excluding carboxylic acids is 2. The lowest BCUT2D eigenvalue weighted by molar-refractivity contribution is -0.138. The molecule has 126 valence electrons. The number of rotatable bonds is 6. The lowest BCUT2D eigenvalue weighted by Gasteiger charge is -2.29. The van der Waals surface area contributed by atoms with Gasteiger partial charge in [0.2, 0.25) is 0 Å². The molecule has 1 heterocycles. The molecule has 1 aliphatic rings. The van der Waals surface area contributed by atoms with Gasteiger partial charge in [-0.25, -0.2) is 9.59 Å². The normalized spacial score (nSPS) is 16.2. The van der Waals surface area contributed by atoms with E-state index in [0.717, 1.165) is 6.08 Å². The highest BCUT2D eigenvalue weighted by molar-refractivity contribution is 5.99. The van der Waals surface area contributed by atoms with E-state index in [2.05, 4.69) is 0 Å². The molecular weight excluding hydrogens is 302 g/mol. The molecule has 1 rings (SSSR count). The molecule has 23 heavy (non-hydrogen) atoms. The van der Waals surface area contributed by atoms with Crippen molar-refractivity contribution in [3.8, 4) is 6.07 Å². The van der Waals surface area contributed by atoms with Crippen LogP contribution < -0.4 is 5.73 Å². The Balaban J connectivity index is 3.20. The van der Waals surface area contributed by atoms with E-state index >= 15 is 0 Å². The molecule has 0 unspecified atom stereocenters. The first-order valence-electron chi connectivity index (χ1n) is 7.33. The topological polar surface area (TPSA) is 115 Å². The molecule has 2 N–H and O–H groups in total. The van der Waals surface area contributed by atoms with Crippen molar-refractivity contribution in [3.63, 3.8) is 0 Å². The van der Waals surface area contributed by atoms with Crippen molar-refractivity contribution in [2.75, 3.05) is 39.5 Å². The Kier molecular flexibility index (Phi) is 7.63. The van der Waals surface area contributed by atoms with Crippen LogP contribution >= 0.6 is 0 Å². The second-order valence-corrected chi connectivity index (χ2v) is 4.51. The van der Waals surface area contributed by atoms with Gasteiger partial charge >= 0.3 is 11.9 Å². The molecule has 0 aliphatic carbocycles. The molecule has 0 aromatic rings. The van der Waals surface area contributed by atoms with Gasteiger partial charge in [0, 0.05) is 13.1 Å². The Labute approximate surface area is 135 Å². The number of ether oxygens (including phenoxy) is 3. The van der Waals surface area contributed by atoms with Crippen LogP contribution in [0.2, 0.25) is 0 Å². The van der Waals surface area contributed by atoms with Crippen molar-refractivity contribution >= 4 is 11.9 Å². The van der Waals surface area contributed by atoms with Crippen LogP contribution in [0.3, 0.4) is 0 Å². The number of hydrogen-bond donors (Lipinski definition) is 1. The van der Waals surface area contributed by atoms with Crippen molar-refractivity contribution < 1.29 is 23.8 Å². The van der Waals surface area contributed by atoms with Crippen molar-refractivity contribution in [1.29, 1.82) is 5.26 Å². The average Bonchev–Trinajstić information content (AvgIpc) is 2.56. The van der Waals surface area contributed by atoms with Crippen LogP contribution in [0, 0.1) is 11.3 Å². The summed E-state index contributed by atoms with van der Waals surface area (Å²) in [5.41, 5.74) is 5.69. The second kappa shape index (κ2) is 9.48. The highest BCUT2D eigenvalue weighted by Gasteiger charge is 2.22. The molecule has 1 aliphatic heterocycles. The zero-order valence-electron chi connectivity index (χ0n) is 13.3. The maximum absolute atomic E-state index is 12.1. The summed E-state index contributed by atoms with van der Waals surface area (Å²) >= 11 is 0. The van der Waals surface area contributed by atoms with Gasteiger partial charge in [-0.15, -0.1) is 0 Å². The van der Waals surface area contributed by atoms with E-state index in [1.165, 1.54) is 0 Å². The lowest BCUT2D eigenvalue weighted by atomic mass is 10.1. The van der Waals surface area contributed by atoms with Gasteiger partial charge in [-0.3, -0.25) is 0 Å². The quantitative estimate of drug-likeness (QED) is 0.316. The van der Waals surface area contributed by atoms with Crippen LogP contribution in [0.25, 0.3) is 0 Å². The van der Waals surface area contributed by atoms with E-state index in [1.54, 1.807) is 24.8 Å². The molecular formula is C15H21N3O5. The zero-order valence-corrected chi connectivity index (χ0v) is 13.3. The van der Waals surface area contributed by atoms with E-state index in [4.69, 9.17) is 25.2 Å². The van der Waals surface area contributed by atoms with Gasteiger partial charge < -0.3 is 24.8 Å². The van der Waals surface area contributed by atoms with Gasteiger partial charge in [0.15, 0.2) is 0 Å². The maximum atomic E-state index is 12.1.